The van der Waals surface area contributed by atoms with Crippen LogP contribution in [-0.4, -0.2) is 64.1 Å². The lowest BCUT2D eigenvalue weighted by Gasteiger charge is -2.44. The molecule has 12 heteroatoms. The second kappa shape index (κ2) is 11.2. The first kappa shape index (κ1) is 28.1. The lowest BCUT2D eigenvalue weighted by Crippen LogP contribution is -2.53. The molecule has 1 aromatic heterocycles. The maximum absolute atomic E-state index is 14.7. The number of amides is 1. The smallest absolute Gasteiger partial charge is 0.407 e. The number of anilines is 2. The second-order valence-corrected chi connectivity index (χ2v) is 11.5. The van der Waals surface area contributed by atoms with Crippen LogP contribution in [0.25, 0.3) is 10.9 Å². The summed E-state index contributed by atoms with van der Waals surface area (Å²) in [6, 6.07) is 5.51. The number of fused-ring (bicyclic) bond motifs is 1. The molecule has 2 aromatic carbocycles. The van der Waals surface area contributed by atoms with Gasteiger partial charge in [0.1, 0.15) is 35.2 Å². The minimum absolute atomic E-state index is 0.0497. The number of ether oxygens (including phenoxy) is 3. The van der Waals surface area contributed by atoms with E-state index in [9.17, 15) is 18.7 Å². The van der Waals surface area contributed by atoms with Gasteiger partial charge >= 0.3 is 6.09 Å². The Balaban J connectivity index is 1.51. The molecule has 40 heavy (non-hydrogen) atoms. The van der Waals surface area contributed by atoms with E-state index in [-0.39, 0.29) is 35.2 Å². The number of aromatic nitrogens is 2. The van der Waals surface area contributed by atoms with E-state index in [1.807, 2.05) is 20.8 Å². The van der Waals surface area contributed by atoms with Crippen molar-refractivity contribution in [1.82, 2.24) is 14.9 Å². The molecule has 9 nitrogen and oxygen atoms in total. The minimum Gasteiger partial charge on any atom is -0.486 e. The molecule has 5 rings (SSSR count). The van der Waals surface area contributed by atoms with Crippen LogP contribution in [0.1, 0.15) is 40.0 Å². The predicted octanol–water partition coefficient (Wildman–Crippen LogP) is 6.41. The normalized spacial score (nSPS) is 21.4. The van der Waals surface area contributed by atoms with Gasteiger partial charge in [-0.05, 0) is 23.6 Å². The van der Waals surface area contributed by atoms with Crippen molar-refractivity contribution in [2.45, 2.75) is 58.3 Å². The van der Waals surface area contributed by atoms with E-state index in [0.717, 1.165) is 12.5 Å². The highest BCUT2D eigenvalue weighted by Gasteiger charge is 2.39. The van der Waals surface area contributed by atoms with Gasteiger partial charge in [-0.1, -0.05) is 32.4 Å². The van der Waals surface area contributed by atoms with Gasteiger partial charge in [-0.3, -0.25) is 0 Å². The van der Waals surface area contributed by atoms with Gasteiger partial charge in [0.05, 0.1) is 24.4 Å². The number of carboxylic acid groups (broad SMARTS) is 1. The minimum atomic E-state index is -0.949. The van der Waals surface area contributed by atoms with E-state index in [4.69, 9.17) is 25.8 Å². The van der Waals surface area contributed by atoms with Crippen molar-refractivity contribution in [2.75, 3.05) is 25.1 Å². The van der Waals surface area contributed by atoms with E-state index in [1.54, 1.807) is 12.1 Å². The highest BCUT2D eigenvalue weighted by Crippen LogP contribution is 2.40. The maximum atomic E-state index is 14.7. The maximum Gasteiger partial charge on any atom is 0.407 e. The number of rotatable bonds is 6. The van der Waals surface area contributed by atoms with Gasteiger partial charge in [-0.25, -0.2) is 23.5 Å². The number of piperidine rings is 1. The number of nitrogens with one attached hydrogen (secondary N) is 1. The predicted molar refractivity (Wildman–Crippen MR) is 146 cm³/mol. The summed E-state index contributed by atoms with van der Waals surface area (Å²) < 4.78 is 46.6. The van der Waals surface area contributed by atoms with Crippen LogP contribution < -0.4 is 14.8 Å². The lowest BCUT2D eigenvalue weighted by atomic mass is 9.80. The Morgan fingerprint density at radius 1 is 1.15 bits per heavy atom. The summed E-state index contributed by atoms with van der Waals surface area (Å²) in [5.41, 5.74) is 0.169. The number of hydrogen-bond acceptors (Lipinski definition) is 7. The quantitative estimate of drug-likeness (QED) is 0.324. The highest BCUT2D eigenvalue weighted by atomic mass is 35.5. The van der Waals surface area contributed by atoms with E-state index in [2.05, 4.69) is 15.3 Å². The summed E-state index contributed by atoms with van der Waals surface area (Å²) in [5, 5.41) is 12.5. The van der Waals surface area contributed by atoms with Crippen LogP contribution in [0.5, 0.6) is 11.5 Å². The number of benzene rings is 2. The van der Waals surface area contributed by atoms with Crippen LogP contribution in [0.2, 0.25) is 5.02 Å². The Morgan fingerprint density at radius 2 is 1.90 bits per heavy atom. The van der Waals surface area contributed by atoms with Crippen LogP contribution in [0.4, 0.5) is 25.1 Å². The van der Waals surface area contributed by atoms with Gasteiger partial charge in [0, 0.05) is 43.3 Å². The van der Waals surface area contributed by atoms with Crippen LogP contribution in [0, 0.1) is 17.0 Å². The third-order valence-corrected chi connectivity index (χ3v) is 7.61. The van der Waals surface area contributed by atoms with Gasteiger partial charge in [0.15, 0.2) is 17.3 Å². The van der Waals surface area contributed by atoms with Crippen LogP contribution in [0.15, 0.2) is 30.6 Å². The average Bonchev–Trinajstić information content (AvgIpc) is 3.42. The molecule has 2 fully saturated rings. The second-order valence-electron chi connectivity index (χ2n) is 11.1. The molecule has 3 aromatic rings. The van der Waals surface area contributed by atoms with E-state index in [1.165, 1.54) is 17.3 Å². The molecule has 2 saturated heterocycles. The molecule has 214 valence electrons. The van der Waals surface area contributed by atoms with Crippen molar-refractivity contribution in [1.29, 1.82) is 0 Å². The molecule has 2 unspecified atom stereocenters. The first-order chi connectivity index (χ1) is 19.0. The van der Waals surface area contributed by atoms with E-state index < -0.39 is 22.8 Å². The van der Waals surface area contributed by atoms with Crippen LogP contribution in [0.3, 0.4) is 0 Å². The Hall–Kier alpha value is -3.44. The number of halogens is 3. The fraction of sp³-hybridized carbons (Fsp3) is 0.464. The molecule has 3 heterocycles. The summed E-state index contributed by atoms with van der Waals surface area (Å²) in [4.78, 5) is 22.0. The molecule has 0 bridgehead atoms. The number of hydrogen-bond donors (Lipinski definition) is 2. The van der Waals surface area contributed by atoms with Crippen molar-refractivity contribution < 1.29 is 32.9 Å². The highest BCUT2D eigenvalue weighted by molar-refractivity contribution is 6.31. The first-order valence-corrected chi connectivity index (χ1v) is 13.5. The van der Waals surface area contributed by atoms with Gasteiger partial charge < -0.3 is 29.5 Å². The molecule has 2 N–H and O–H groups in total. The van der Waals surface area contributed by atoms with Crippen molar-refractivity contribution >= 4 is 40.1 Å². The summed E-state index contributed by atoms with van der Waals surface area (Å²) in [6.07, 6.45) is 1.65. The van der Waals surface area contributed by atoms with E-state index in [0.29, 0.717) is 55.0 Å². The third kappa shape index (κ3) is 5.85. The fourth-order valence-electron chi connectivity index (χ4n) is 5.15. The van der Waals surface area contributed by atoms with Gasteiger partial charge in [0.25, 0.3) is 0 Å². The number of likely N-dealkylation sites (tertiary alicyclic amines) is 1. The van der Waals surface area contributed by atoms with Gasteiger partial charge in [-0.15, -0.1) is 0 Å². The molecular formula is C28H31ClF2N4O5. The molecule has 0 radical (unpaired) electrons. The largest absolute Gasteiger partial charge is 0.486 e. The van der Waals surface area contributed by atoms with Crippen LogP contribution >= 0.6 is 11.6 Å². The summed E-state index contributed by atoms with van der Waals surface area (Å²) in [5.74, 6) is -0.647. The molecule has 2 aliphatic heterocycles. The zero-order valence-corrected chi connectivity index (χ0v) is 23.2. The number of nitrogens with zero attached hydrogens (tertiary/aromatic N) is 3. The summed E-state index contributed by atoms with van der Waals surface area (Å²) in [7, 11) is 0. The molecule has 0 aliphatic carbocycles. The SMILES string of the molecule is CC(C)(C)C1CC(Oc2cc3c(Nc4ccc(F)c(Cl)c4F)ncnc3cc2O[C@H]2CCOC2)CCN1C(=O)O. The summed E-state index contributed by atoms with van der Waals surface area (Å²) >= 11 is 5.77. The molecular weight excluding hydrogens is 546 g/mol. The van der Waals surface area contributed by atoms with Crippen molar-refractivity contribution in [3.8, 4) is 11.5 Å². The zero-order valence-electron chi connectivity index (χ0n) is 22.4. The van der Waals surface area contributed by atoms with Crippen molar-refractivity contribution in [2.24, 2.45) is 5.41 Å². The third-order valence-electron chi connectivity index (χ3n) is 7.26. The van der Waals surface area contributed by atoms with E-state index >= 15 is 0 Å². The Kier molecular flexibility index (Phi) is 7.87. The standard InChI is InChI=1S/C28H31ClF2N4O5/c1-28(2,3)23-10-15(6-8-35(23)27(36)37)39-21-11-17-20(12-22(21)40-16-7-9-38-13-16)32-14-33-26(17)34-19-5-4-18(30)24(29)25(19)31/h4-5,11-12,14-16,23H,6-10,13H2,1-3H3,(H,36,37)(H,32,33,34)/t15?,16-,23?/m0/s1. The Bertz CT molecular complexity index is 1410. The number of carbonyl (C=O) groups is 1. The van der Waals surface area contributed by atoms with Gasteiger partial charge in [-0.2, -0.15) is 0 Å². The lowest BCUT2D eigenvalue weighted by molar-refractivity contribution is 0.0116. The molecule has 0 spiro atoms. The molecule has 0 saturated carbocycles. The fourth-order valence-corrected chi connectivity index (χ4v) is 5.32. The van der Waals surface area contributed by atoms with Crippen molar-refractivity contribution in [3.05, 3.63) is 47.2 Å². The summed E-state index contributed by atoms with van der Waals surface area (Å²) in [6.45, 7) is 7.41. The topological polar surface area (TPSA) is 106 Å². The zero-order chi connectivity index (χ0) is 28.6. The van der Waals surface area contributed by atoms with Crippen LogP contribution in [-0.2, 0) is 4.74 Å². The Labute approximate surface area is 235 Å². The molecule has 2 aliphatic rings. The molecule has 1 amide bonds. The van der Waals surface area contributed by atoms with Gasteiger partial charge in [0.2, 0.25) is 0 Å². The monoisotopic (exact) mass is 576 g/mol. The Morgan fingerprint density at radius 3 is 2.60 bits per heavy atom. The average molecular weight is 577 g/mol. The van der Waals surface area contributed by atoms with Crippen molar-refractivity contribution in [3.63, 3.8) is 0 Å². The first-order valence-electron chi connectivity index (χ1n) is 13.1. The molecule has 3 atom stereocenters.